The maximum Gasteiger partial charge on any atom is 0.258 e. The Kier molecular flexibility index (Phi) is 4.34. The summed E-state index contributed by atoms with van der Waals surface area (Å²) < 4.78 is 0. The van der Waals surface area contributed by atoms with Crippen LogP contribution in [0.5, 0.6) is 0 Å². The van der Waals surface area contributed by atoms with Crippen molar-refractivity contribution < 1.29 is 4.79 Å². The van der Waals surface area contributed by atoms with E-state index < -0.39 is 0 Å². The second-order valence-corrected chi connectivity index (χ2v) is 3.70. The van der Waals surface area contributed by atoms with Gasteiger partial charge in [-0.2, -0.15) is 0 Å². The van der Waals surface area contributed by atoms with Crippen LogP contribution in [0.4, 0.5) is 0 Å². The van der Waals surface area contributed by atoms with Gasteiger partial charge in [-0.25, -0.2) is 5.01 Å². The molecule has 0 aliphatic heterocycles. The maximum atomic E-state index is 11.2. The van der Waals surface area contributed by atoms with Crippen LogP contribution in [-0.2, 0) is 4.79 Å². The van der Waals surface area contributed by atoms with Gasteiger partial charge in [0, 0.05) is 25.2 Å². The zero-order valence-corrected chi connectivity index (χ0v) is 9.45. The highest BCUT2D eigenvalue weighted by Crippen LogP contribution is 2.11. The quantitative estimate of drug-likeness (QED) is 0.629. The number of benzene rings is 1. The van der Waals surface area contributed by atoms with Crippen LogP contribution in [0.15, 0.2) is 30.3 Å². The second-order valence-electron chi connectivity index (χ2n) is 3.26. The predicted octanol–water partition coefficient (Wildman–Crippen LogP) is 1.95. The van der Waals surface area contributed by atoms with Crippen LogP contribution in [0.2, 0.25) is 5.02 Å². The van der Waals surface area contributed by atoms with E-state index in [0.717, 1.165) is 5.56 Å². The van der Waals surface area contributed by atoms with Gasteiger partial charge in [-0.15, -0.1) is 0 Å². The molecule has 1 aromatic rings. The van der Waals surface area contributed by atoms with E-state index in [4.69, 9.17) is 11.6 Å². The Hall–Kier alpha value is -1.32. The smallest absolute Gasteiger partial charge is 0.258 e. The molecular weight excluding hydrogens is 212 g/mol. The first-order valence-corrected chi connectivity index (χ1v) is 4.87. The summed E-state index contributed by atoms with van der Waals surface area (Å²) in [7, 11) is 3.51. The Bertz CT molecular complexity index is 375. The zero-order valence-electron chi connectivity index (χ0n) is 8.70. The highest BCUT2D eigenvalue weighted by Gasteiger charge is 1.95. The molecule has 0 unspecified atom stereocenters. The van der Waals surface area contributed by atoms with Gasteiger partial charge >= 0.3 is 0 Å². The van der Waals surface area contributed by atoms with Crippen molar-refractivity contribution in [2.75, 3.05) is 14.1 Å². The summed E-state index contributed by atoms with van der Waals surface area (Å²) in [5, 5.41) is 2.25. The van der Waals surface area contributed by atoms with Gasteiger partial charge in [-0.3, -0.25) is 10.2 Å². The molecule has 4 heteroatoms. The standard InChI is InChI=1S/C11H13ClN2O/c1-14(2)13-11(15)7-6-9-4-3-5-10(12)8-9/h3-8H,1-2H3,(H,13,15)/b7-6+. The van der Waals surface area contributed by atoms with Crippen molar-refractivity contribution in [3.8, 4) is 0 Å². The Labute approximate surface area is 94.3 Å². The highest BCUT2D eigenvalue weighted by atomic mass is 35.5. The molecule has 15 heavy (non-hydrogen) atoms. The minimum atomic E-state index is -0.167. The molecule has 0 aliphatic rings. The van der Waals surface area contributed by atoms with Crippen molar-refractivity contribution in [3.05, 3.63) is 40.9 Å². The molecule has 0 aromatic heterocycles. The minimum Gasteiger partial charge on any atom is -0.286 e. The molecule has 0 saturated heterocycles. The fraction of sp³-hybridized carbons (Fsp3) is 0.182. The Morgan fingerprint density at radius 1 is 1.47 bits per heavy atom. The molecule has 0 fully saturated rings. The lowest BCUT2D eigenvalue weighted by molar-refractivity contribution is -0.119. The van der Waals surface area contributed by atoms with Crippen LogP contribution >= 0.6 is 11.6 Å². The van der Waals surface area contributed by atoms with E-state index in [0.29, 0.717) is 5.02 Å². The molecule has 0 radical (unpaired) electrons. The van der Waals surface area contributed by atoms with Crippen molar-refractivity contribution in [1.29, 1.82) is 0 Å². The molecule has 80 valence electrons. The summed E-state index contributed by atoms with van der Waals surface area (Å²) in [5.41, 5.74) is 3.50. The summed E-state index contributed by atoms with van der Waals surface area (Å²) in [6.45, 7) is 0. The summed E-state index contributed by atoms with van der Waals surface area (Å²) >= 11 is 5.80. The second kappa shape index (κ2) is 5.53. The van der Waals surface area contributed by atoms with Crippen LogP contribution in [0.25, 0.3) is 6.08 Å². The average molecular weight is 225 g/mol. The fourth-order valence-corrected chi connectivity index (χ4v) is 1.24. The van der Waals surface area contributed by atoms with Gasteiger partial charge in [0.2, 0.25) is 0 Å². The number of rotatable bonds is 3. The van der Waals surface area contributed by atoms with E-state index in [2.05, 4.69) is 5.43 Å². The van der Waals surface area contributed by atoms with E-state index in [9.17, 15) is 4.79 Å². The van der Waals surface area contributed by atoms with Crippen LogP contribution in [-0.4, -0.2) is 25.0 Å². The van der Waals surface area contributed by atoms with Gasteiger partial charge in [0.05, 0.1) is 0 Å². The SMILES string of the molecule is CN(C)NC(=O)/C=C/c1cccc(Cl)c1. The van der Waals surface area contributed by atoms with Crippen LogP contribution in [0, 0.1) is 0 Å². The molecule has 1 rings (SSSR count). The Morgan fingerprint density at radius 2 is 2.20 bits per heavy atom. The number of hydrogen-bond donors (Lipinski definition) is 1. The highest BCUT2D eigenvalue weighted by molar-refractivity contribution is 6.30. The van der Waals surface area contributed by atoms with Crippen LogP contribution in [0.1, 0.15) is 5.56 Å². The minimum absolute atomic E-state index is 0.167. The number of halogens is 1. The van der Waals surface area contributed by atoms with E-state index >= 15 is 0 Å². The molecule has 1 N–H and O–H groups in total. The van der Waals surface area contributed by atoms with Crippen molar-refractivity contribution >= 4 is 23.6 Å². The number of carbonyl (C=O) groups is 1. The van der Waals surface area contributed by atoms with E-state index in [1.165, 1.54) is 6.08 Å². The zero-order chi connectivity index (χ0) is 11.3. The number of nitrogens with one attached hydrogen (secondary N) is 1. The van der Waals surface area contributed by atoms with Crippen molar-refractivity contribution in [1.82, 2.24) is 10.4 Å². The molecule has 1 amide bonds. The molecule has 1 aromatic carbocycles. The van der Waals surface area contributed by atoms with Crippen molar-refractivity contribution in [3.63, 3.8) is 0 Å². The van der Waals surface area contributed by atoms with E-state index in [1.54, 1.807) is 37.3 Å². The molecule has 0 saturated carbocycles. The number of carbonyl (C=O) groups excluding carboxylic acids is 1. The summed E-state index contributed by atoms with van der Waals surface area (Å²) in [5.74, 6) is -0.167. The van der Waals surface area contributed by atoms with Gasteiger partial charge in [0.15, 0.2) is 0 Å². The topological polar surface area (TPSA) is 32.3 Å². The molecule has 0 bridgehead atoms. The fourth-order valence-electron chi connectivity index (χ4n) is 1.04. The molecule has 0 heterocycles. The summed E-state index contributed by atoms with van der Waals surface area (Å²) in [6, 6.07) is 7.30. The molecule has 0 spiro atoms. The first kappa shape index (κ1) is 11.8. The van der Waals surface area contributed by atoms with E-state index in [1.807, 2.05) is 12.1 Å². The van der Waals surface area contributed by atoms with Gasteiger partial charge in [0.1, 0.15) is 0 Å². The number of hydrazine groups is 1. The monoisotopic (exact) mass is 224 g/mol. The van der Waals surface area contributed by atoms with Crippen LogP contribution in [0.3, 0.4) is 0 Å². The van der Waals surface area contributed by atoms with E-state index in [-0.39, 0.29) is 5.91 Å². The third-order valence-corrected chi connectivity index (χ3v) is 1.84. The van der Waals surface area contributed by atoms with Gasteiger partial charge in [-0.1, -0.05) is 23.7 Å². The van der Waals surface area contributed by atoms with Gasteiger partial charge in [-0.05, 0) is 23.8 Å². The lowest BCUT2D eigenvalue weighted by atomic mass is 10.2. The first-order chi connectivity index (χ1) is 7.08. The molecular formula is C11H13ClN2O. The Balaban J connectivity index is 2.61. The van der Waals surface area contributed by atoms with Gasteiger partial charge in [0.25, 0.3) is 5.91 Å². The lowest BCUT2D eigenvalue weighted by Crippen LogP contribution is -2.34. The molecule has 3 nitrogen and oxygen atoms in total. The first-order valence-electron chi connectivity index (χ1n) is 4.49. The van der Waals surface area contributed by atoms with Crippen LogP contribution < -0.4 is 5.43 Å². The van der Waals surface area contributed by atoms with Crippen molar-refractivity contribution in [2.24, 2.45) is 0 Å². The third-order valence-electron chi connectivity index (χ3n) is 1.61. The summed E-state index contributed by atoms with van der Waals surface area (Å²) in [4.78, 5) is 11.2. The Morgan fingerprint density at radius 3 is 2.80 bits per heavy atom. The molecule has 0 atom stereocenters. The maximum absolute atomic E-state index is 11.2. The average Bonchev–Trinajstić information content (AvgIpc) is 2.14. The summed E-state index contributed by atoms with van der Waals surface area (Å²) in [6.07, 6.45) is 3.18. The largest absolute Gasteiger partial charge is 0.286 e. The lowest BCUT2D eigenvalue weighted by Gasteiger charge is -2.08. The number of nitrogens with zero attached hydrogens (tertiary/aromatic N) is 1. The number of amides is 1. The normalized spacial score (nSPS) is 10.9. The number of hydrogen-bond acceptors (Lipinski definition) is 2. The third kappa shape index (κ3) is 4.63. The molecule has 0 aliphatic carbocycles. The van der Waals surface area contributed by atoms with Crippen molar-refractivity contribution in [2.45, 2.75) is 0 Å². The van der Waals surface area contributed by atoms with Gasteiger partial charge < -0.3 is 0 Å². The predicted molar refractivity (Wildman–Crippen MR) is 62.3 cm³/mol.